The molecule has 1 saturated heterocycles. The molecule has 2 aromatic heterocycles. The van der Waals surface area contributed by atoms with Gasteiger partial charge in [0.1, 0.15) is 4.60 Å². The average Bonchev–Trinajstić information content (AvgIpc) is 2.44. The number of nitrogens with one attached hydrogen (secondary N) is 1. The van der Waals surface area contributed by atoms with Gasteiger partial charge in [-0.2, -0.15) is 0 Å². The lowest BCUT2D eigenvalue weighted by molar-refractivity contribution is 0.430. The Morgan fingerprint density at radius 1 is 1.47 bits per heavy atom. The first-order chi connectivity index (χ1) is 7.24. The molecule has 0 spiro atoms. The molecule has 1 aliphatic rings. The standard InChI is InChI=1S/C10H11BrN4/c1-6-2-8(11)15-9(3-6)13-10(14-15)7-4-12-5-7/h2-3,7,12H,4-5H2,1H3. The average molecular weight is 267 g/mol. The van der Waals surface area contributed by atoms with Crippen LogP contribution in [0.3, 0.4) is 0 Å². The molecule has 4 nitrogen and oxygen atoms in total. The predicted molar refractivity (Wildman–Crippen MR) is 61.0 cm³/mol. The molecule has 3 rings (SSSR count). The van der Waals surface area contributed by atoms with Crippen LogP contribution in [-0.4, -0.2) is 27.7 Å². The lowest BCUT2D eigenvalue weighted by Gasteiger charge is -2.23. The van der Waals surface area contributed by atoms with Crippen molar-refractivity contribution in [3.8, 4) is 0 Å². The summed E-state index contributed by atoms with van der Waals surface area (Å²) in [5.74, 6) is 1.43. The maximum Gasteiger partial charge on any atom is 0.157 e. The van der Waals surface area contributed by atoms with Gasteiger partial charge in [-0.25, -0.2) is 9.50 Å². The molecular formula is C10H11BrN4. The van der Waals surface area contributed by atoms with E-state index >= 15 is 0 Å². The largest absolute Gasteiger partial charge is 0.315 e. The van der Waals surface area contributed by atoms with Gasteiger partial charge >= 0.3 is 0 Å². The van der Waals surface area contributed by atoms with Gasteiger partial charge in [-0.15, -0.1) is 5.10 Å². The van der Waals surface area contributed by atoms with Gasteiger partial charge in [-0.05, 0) is 40.5 Å². The summed E-state index contributed by atoms with van der Waals surface area (Å²) in [5.41, 5.74) is 2.11. The summed E-state index contributed by atoms with van der Waals surface area (Å²) in [5, 5.41) is 7.72. The molecule has 0 bridgehead atoms. The molecule has 0 amide bonds. The van der Waals surface area contributed by atoms with Crippen LogP contribution in [-0.2, 0) is 0 Å². The number of hydrogen-bond donors (Lipinski definition) is 1. The number of fused-ring (bicyclic) bond motifs is 1. The minimum absolute atomic E-state index is 0.483. The van der Waals surface area contributed by atoms with E-state index in [2.05, 4.69) is 38.3 Å². The topological polar surface area (TPSA) is 42.2 Å². The number of nitrogens with zero attached hydrogens (tertiary/aromatic N) is 3. The van der Waals surface area contributed by atoms with E-state index in [-0.39, 0.29) is 0 Å². The van der Waals surface area contributed by atoms with Gasteiger partial charge < -0.3 is 5.32 Å². The van der Waals surface area contributed by atoms with Gasteiger partial charge in [-0.3, -0.25) is 0 Å². The van der Waals surface area contributed by atoms with Crippen LogP contribution in [0, 0.1) is 6.92 Å². The van der Waals surface area contributed by atoms with Crippen molar-refractivity contribution in [2.24, 2.45) is 0 Å². The van der Waals surface area contributed by atoms with Gasteiger partial charge in [0.2, 0.25) is 0 Å². The molecule has 1 aliphatic heterocycles. The van der Waals surface area contributed by atoms with Crippen LogP contribution in [0.4, 0.5) is 0 Å². The Morgan fingerprint density at radius 3 is 2.93 bits per heavy atom. The fourth-order valence-corrected chi connectivity index (χ4v) is 2.35. The normalized spacial score (nSPS) is 16.9. The Kier molecular flexibility index (Phi) is 2.03. The number of hydrogen-bond acceptors (Lipinski definition) is 3. The van der Waals surface area contributed by atoms with Crippen LogP contribution >= 0.6 is 15.9 Å². The van der Waals surface area contributed by atoms with Crippen molar-refractivity contribution in [3.05, 3.63) is 28.1 Å². The summed E-state index contributed by atoms with van der Waals surface area (Å²) >= 11 is 3.49. The van der Waals surface area contributed by atoms with E-state index in [9.17, 15) is 0 Å². The summed E-state index contributed by atoms with van der Waals surface area (Å²) in [6, 6.07) is 4.10. The SMILES string of the molecule is Cc1cc(Br)n2nc(C3CNC3)nc2c1. The third-order valence-electron chi connectivity index (χ3n) is 2.70. The van der Waals surface area contributed by atoms with Crippen LogP contribution < -0.4 is 5.32 Å². The second-order valence-corrected chi connectivity index (χ2v) is 4.76. The summed E-state index contributed by atoms with van der Waals surface area (Å²) in [6.45, 7) is 4.05. The first-order valence-electron chi connectivity index (χ1n) is 4.97. The monoisotopic (exact) mass is 266 g/mol. The minimum Gasteiger partial charge on any atom is -0.315 e. The molecule has 5 heteroatoms. The van der Waals surface area contributed by atoms with Crippen molar-refractivity contribution in [1.82, 2.24) is 19.9 Å². The molecule has 1 N–H and O–H groups in total. The zero-order valence-electron chi connectivity index (χ0n) is 8.37. The van der Waals surface area contributed by atoms with Gasteiger partial charge in [0, 0.05) is 19.0 Å². The minimum atomic E-state index is 0.483. The van der Waals surface area contributed by atoms with Crippen LogP contribution in [0.2, 0.25) is 0 Å². The molecule has 0 unspecified atom stereocenters. The molecule has 78 valence electrons. The zero-order valence-corrected chi connectivity index (χ0v) is 9.95. The van der Waals surface area contributed by atoms with E-state index in [1.165, 1.54) is 5.56 Å². The Labute approximate surface area is 95.8 Å². The Morgan fingerprint density at radius 2 is 2.27 bits per heavy atom. The third kappa shape index (κ3) is 1.46. The van der Waals surface area contributed by atoms with E-state index in [1.807, 2.05) is 16.6 Å². The van der Waals surface area contributed by atoms with Crippen LogP contribution in [0.25, 0.3) is 5.65 Å². The highest BCUT2D eigenvalue weighted by Gasteiger charge is 2.23. The fourth-order valence-electron chi connectivity index (χ4n) is 1.73. The zero-order chi connectivity index (χ0) is 10.4. The smallest absolute Gasteiger partial charge is 0.157 e. The maximum absolute atomic E-state index is 4.54. The summed E-state index contributed by atoms with van der Waals surface area (Å²) in [4.78, 5) is 4.54. The highest BCUT2D eigenvalue weighted by atomic mass is 79.9. The molecule has 15 heavy (non-hydrogen) atoms. The summed E-state index contributed by atoms with van der Waals surface area (Å²) in [6.07, 6.45) is 0. The second kappa shape index (κ2) is 3.28. The van der Waals surface area contributed by atoms with Crippen molar-refractivity contribution in [1.29, 1.82) is 0 Å². The fraction of sp³-hybridized carbons (Fsp3) is 0.400. The van der Waals surface area contributed by atoms with E-state index in [0.29, 0.717) is 5.92 Å². The van der Waals surface area contributed by atoms with Crippen LogP contribution in [0.15, 0.2) is 16.7 Å². The van der Waals surface area contributed by atoms with E-state index in [0.717, 1.165) is 29.2 Å². The summed E-state index contributed by atoms with van der Waals surface area (Å²) in [7, 11) is 0. The molecule has 3 heterocycles. The quantitative estimate of drug-likeness (QED) is 0.796. The molecule has 0 radical (unpaired) electrons. The van der Waals surface area contributed by atoms with Gasteiger partial charge in [0.15, 0.2) is 11.5 Å². The van der Waals surface area contributed by atoms with Crippen LogP contribution in [0.1, 0.15) is 17.3 Å². The molecular weight excluding hydrogens is 256 g/mol. The van der Waals surface area contributed by atoms with Crippen molar-refractivity contribution < 1.29 is 0 Å². The number of aryl methyl sites for hydroxylation is 1. The summed E-state index contributed by atoms with van der Waals surface area (Å²) < 4.78 is 2.81. The molecule has 0 saturated carbocycles. The molecule has 0 atom stereocenters. The molecule has 1 fully saturated rings. The van der Waals surface area contributed by atoms with Crippen molar-refractivity contribution >= 4 is 21.6 Å². The van der Waals surface area contributed by atoms with Gasteiger partial charge in [-0.1, -0.05) is 0 Å². The maximum atomic E-state index is 4.54. The first kappa shape index (κ1) is 9.30. The number of halogens is 1. The van der Waals surface area contributed by atoms with Crippen molar-refractivity contribution in [2.75, 3.05) is 13.1 Å². The first-order valence-corrected chi connectivity index (χ1v) is 5.77. The highest BCUT2D eigenvalue weighted by molar-refractivity contribution is 9.10. The van der Waals surface area contributed by atoms with E-state index < -0.39 is 0 Å². The number of pyridine rings is 1. The van der Waals surface area contributed by atoms with E-state index in [1.54, 1.807) is 0 Å². The Bertz CT molecular complexity index is 515. The lowest BCUT2D eigenvalue weighted by Crippen LogP contribution is -2.40. The third-order valence-corrected chi connectivity index (χ3v) is 3.27. The second-order valence-electron chi connectivity index (χ2n) is 3.95. The highest BCUT2D eigenvalue weighted by Crippen LogP contribution is 2.20. The van der Waals surface area contributed by atoms with E-state index in [4.69, 9.17) is 0 Å². The Hall–Kier alpha value is -0.940. The van der Waals surface area contributed by atoms with Gasteiger partial charge in [0.25, 0.3) is 0 Å². The molecule has 0 aliphatic carbocycles. The van der Waals surface area contributed by atoms with Crippen molar-refractivity contribution in [3.63, 3.8) is 0 Å². The lowest BCUT2D eigenvalue weighted by atomic mass is 10.0. The number of rotatable bonds is 1. The van der Waals surface area contributed by atoms with Crippen molar-refractivity contribution in [2.45, 2.75) is 12.8 Å². The number of aromatic nitrogens is 3. The Balaban J connectivity index is 2.16. The van der Waals surface area contributed by atoms with Crippen LogP contribution in [0.5, 0.6) is 0 Å². The molecule has 2 aromatic rings. The van der Waals surface area contributed by atoms with Gasteiger partial charge in [0.05, 0.1) is 0 Å². The molecule has 0 aromatic carbocycles. The predicted octanol–water partition coefficient (Wildman–Crippen LogP) is 1.49.